The maximum Gasteiger partial charge on any atom is 0.408 e. The fraction of sp³-hybridized carbons (Fsp3) is 0.923. The summed E-state index contributed by atoms with van der Waals surface area (Å²) in [5, 5.41) is 2.60. The van der Waals surface area contributed by atoms with Crippen LogP contribution in [0.5, 0.6) is 0 Å². The van der Waals surface area contributed by atoms with Crippen molar-refractivity contribution < 1.29 is 18.3 Å². The zero-order valence-corrected chi connectivity index (χ0v) is 11.8. The molecule has 0 heterocycles. The number of ether oxygens (including phenoxy) is 1. The molecule has 1 aliphatic rings. The van der Waals surface area contributed by atoms with Crippen LogP contribution in [0.4, 0.5) is 13.6 Å². The van der Waals surface area contributed by atoms with E-state index < -0.39 is 29.7 Å². The molecular weight excluding hydrogens is 254 g/mol. The molecule has 112 valence electrons. The third kappa shape index (κ3) is 4.60. The van der Waals surface area contributed by atoms with Crippen LogP contribution in [0.2, 0.25) is 0 Å². The lowest BCUT2D eigenvalue weighted by molar-refractivity contribution is 0.0199. The number of nitrogens with one attached hydrogen (secondary N) is 1. The molecule has 1 atom stereocenters. The minimum Gasteiger partial charge on any atom is -0.444 e. The van der Waals surface area contributed by atoms with E-state index in [4.69, 9.17) is 10.5 Å². The van der Waals surface area contributed by atoms with Crippen LogP contribution >= 0.6 is 0 Å². The van der Waals surface area contributed by atoms with Gasteiger partial charge in [-0.15, -0.1) is 0 Å². The van der Waals surface area contributed by atoms with Gasteiger partial charge in [0.1, 0.15) is 5.60 Å². The van der Waals surface area contributed by atoms with E-state index >= 15 is 0 Å². The Morgan fingerprint density at radius 2 is 1.79 bits per heavy atom. The summed E-state index contributed by atoms with van der Waals surface area (Å²) in [5.74, 6) is 0. The van der Waals surface area contributed by atoms with Crippen LogP contribution in [-0.4, -0.2) is 29.7 Å². The molecule has 1 unspecified atom stereocenters. The largest absolute Gasteiger partial charge is 0.444 e. The Morgan fingerprint density at radius 3 is 2.21 bits per heavy atom. The summed E-state index contributed by atoms with van der Waals surface area (Å²) in [7, 11) is 0. The van der Waals surface area contributed by atoms with Crippen molar-refractivity contribution in [2.24, 2.45) is 5.73 Å². The molecule has 0 bridgehead atoms. The maximum atomic E-state index is 12.9. The van der Waals surface area contributed by atoms with Crippen LogP contribution in [0.25, 0.3) is 0 Å². The molecule has 1 amide bonds. The molecule has 0 aromatic heterocycles. The summed E-state index contributed by atoms with van der Waals surface area (Å²) in [6.45, 7) is 5.19. The second-order valence-electron chi connectivity index (χ2n) is 6.20. The van der Waals surface area contributed by atoms with Crippen molar-refractivity contribution in [2.45, 2.75) is 76.5 Å². The zero-order chi connectivity index (χ0) is 14.7. The molecule has 0 saturated heterocycles. The molecule has 3 N–H and O–H groups in total. The Balaban J connectivity index is 2.77. The van der Waals surface area contributed by atoms with Crippen LogP contribution in [0.1, 0.15) is 52.9 Å². The predicted octanol–water partition coefficient (Wildman–Crippen LogP) is 2.81. The number of hydrogen-bond acceptors (Lipinski definition) is 3. The average molecular weight is 278 g/mol. The van der Waals surface area contributed by atoms with Crippen LogP contribution in [0.3, 0.4) is 0 Å². The average Bonchev–Trinajstić information content (AvgIpc) is 2.26. The molecule has 6 heteroatoms. The van der Waals surface area contributed by atoms with E-state index in [1.165, 1.54) is 0 Å². The first-order valence-corrected chi connectivity index (χ1v) is 6.71. The Hall–Kier alpha value is -0.910. The second kappa shape index (κ2) is 6.03. The van der Waals surface area contributed by atoms with Gasteiger partial charge in [0.15, 0.2) is 0 Å². The Kier molecular flexibility index (Phi) is 5.12. The number of nitrogens with two attached hydrogens (primary N) is 1. The van der Waals surface area contributed by atoms with Crippen molar-refractivity contribution in [3.8, 4) is 0 Å². The van der Waals surface area contributed by atoms with E-state index in [9.17, 15) is 13.6 Å². The van der Waals surface area contributed by atoms with E-state index in [2.05, 4.69) is 5.32 Å². The monoisotopic (exact) mass is 278 g/mol. The minimum absolute atomic E-state index is 0.470. The summed E-state index contributed by atoms with van der Waals surface area (Å²) in [6, 6.07) is -1.36. The van der Waals surface area contributed by atoms with Crippen LogP contribution < -0.4 is 11.1 Å². The van der Waals surface area contributed by atoms with Crippen molar-refractivity contribution in [2.75, 3.05) is 0 Å². The lowest BCUT2D eigenvalue weighted by Gasteiger charge is -2.42. The van der Waals surface area contributed by atoms with Gasteiger partial charge in [-0.25, -0.2) is 13.6 Å². The lowest BCUT2D eigenvalue weighted by atomic mass is 9.76. The number of hydrogen-bond donors (Lipinski definition) is 2. The van der Waals surface area contributed by atoms with Gasteiger partial charge in [0, 0.05) is 0 Å². The first-order chi connectivity index (χ1) is 8.66. The normalized spacial score (nSPS) is 21.0. The molecule has 0 spiro atoms. The van der Waals surface area contributed by atoms with Gasteiger partial charge in [-0.05, 0) is 33.6 Å². The SMILES string of the molecule is CC(C)(C)OC(=O)NC1(C(N)C(F)F)CCCCC1. The highest BCUT2D eigenvalue weighted by Crippen LogP contribution is 2.33. The van der Waals surface area contributed by atoms with Gasteiger partial charge < -0.3 is 15.8 Å². The second-order valence-corrected chi connectivity index (χ2v) is 6.20. The molecule has 19 heavy (non-hydrogen) atoms. The minimum atomic E-state index is -2.66. The molecule has 0 aliphatic heterocycles. The summed E-state index contributed by atoms with van der Waals surface area (Å²) in [5.41, 5.74) is 3.91. The summed E-state index contributed by atoms with van der Waals surface area (Å²) >= 11 is 0. The van der Waals surface area contributed by atoms with Gasteiger partial charge in [-0.3, -0.25) is 0 Å². The quantitative estimate of drug-likeness (QED) is 0.834. The van der Waals surface area contributed by atoms with Crippen LogP contribution in [0, 0.1) is 0 Å². The highest BCUT2D eigenvalue weighted by atomic mass is 19.3. The summed E-state index contributed by atoms with van der Waals surface area (Å²) in [6.07, 6.45) is 0.161. The van der Waals surface area contributed by atoms with E-state index in [0.717, 1.165) is 19.3 Å². The Labute approximate surface area is 113 Å². The van der Waals surface area contributed by atoms with Crippen molar-refractivity contribution in [1.29, 1.82) is 0 Å². The lowest BCUT2D eigenvalue weighted by Crippen LogP contribution is -2.63. The third-order valence-corrected chi connectivity index (χ3v) is 3.41. The molecule has 1 rings (SSSR count). The van der Waals surface area contributed by atoms with Gasteiger partial charge in [0.05, 0.1) is 11.6 Å². The van der Waals surface area contributed by atoms with Gasteiger partial charge in [-0.2, -0.15) is 0 Å². The topological polar surface area (TPSA) is 64.3 Å². The Morgan fingerprint density at radius 1 is 1.26 bits per heavy atom. The molecule has 1 saturated carbocycles. The van der Waals surface area contributed by atoms with Crippen molar-refractivity contribution >= 4 is 6.09 Å². The van der Waals surface area contributed by atoms with E-state index in [-0.39, 0.29) is 0 Å². The van der Waals surface area contributed by atoms with E-state index in [1.807, 2.05) is 0 Å². The highest BCUT2D eigenvalue weighted by molar-refractivity contribution is 5.69. The first kappa shape index (κ1) is 16.1. The fourth-order valence-electron chi connectivity index (χ4n) is 2.47. The van der Waals surface area contributed by atoms with Crippen molar-refractivity contribution in [3.05, 3.63) is 0 Å². The summed E-state index contributed by atoms with van der Waals surface area (Å²) < 4.78 is 31.0. The third-order valence-electron chi connectivity index (χ3n) is 3.41. The molecule has 0 aromatic rings. The summed E-state index contributed by atoms with van der Waals surface area (Å²) in [4.78, 5) is 11.8. The van der Waals surface area contributed by atoms with Gasteiger partial charge in [0.2, 0.25) is 0 Å². The highest BCUT2D eigenvalue weighted by Gasteiger charge is 2.44. The van der Waals surface area contributed by atoms with Gasteiger partial charge >= 0.3 is 6.09 Å². The molecule has 1 aliphatic carbocycles. The van der Waals surface area contributed by atoms with E-state index in [0.29, 0.717) is 12.8 Å². The number of alkyl halides is 2. The van der Waals surface area contributed by atoms with Gasteiger partial charge in [-0.1, -0.05) is 19.3 Å². The number of carbonyl (C=O) groups excluding carboxylic acids is 1. The number of amides is 1. The Bertz CT molecular complexity index is 310. The standard InChI is InChI=1S/C13H24F2N2O2/c1-12(2,3)19-11(18)17-13(9(16)10(14)15)7-5-4-6-8-13/h9-10H,4-8,16H2,1-3H3,(H,17,18). The zero-order valence-electron chi connectivity index (χ0n) is 11.8. The molecule has 0 radical (unpaired) electrons. The van der Waals surface area contributed by atoms with Crippen molar-refractivity contribution in [3.63, 3.8) is 0 Å². The fourth-order valence-corrected chi connectivity index (χ4v) is 2.47. The molecule has 1 fully saturated rings. The maximum absolute atomic E-state index is 12.9. The van der Waals surface area contributed by atoms with Crippen LogP contribution in [0.15, 0.2) is 0 Å². The number of halogens is 2. The smallest absolute Gasteiger partial charge is 0.408 e. The van der Waals surface area contributed by atoms with E-state index in [1.54, 1.807) is 20.8 Å². The molecular formula is C13H24F2N2O2. The molecule has 0 aromatic carbocycles. The van der Waals surface area contributed by atoms with Gasteiger partial charge in [0.25, 0.3) is 6.43 Å². The number of alkyl carbamates (subject to hydrolysis) is 1. The first-order valence-electron chi connectivity index (χ1n) is 6.71. The van der Waals surface area contributed by atoms with Crippen LogP contribution in [-0.2, 0) is 4.74 Å². The predicted molar refractivity (Wildman–Crippen MR) is 69.2 cm³/mol. The van der Waals surface area contributed by atoms with Crippen molar-refractivity contribution in [1.82, 2.24) is 5.32 Å². The number of carbonyl (C=O) groups is 1. The number of rotatable bonds is 3. The molecule has 4 nitrogen and oxygen atoms in total.